The van der Waals surface area contributed by atoms with Gasteiger partial charge in [-0.2, -0.15) is 5.26 Å². The molecule has 1 aromatic heterocycles. The van der Waals surface area contributed by atoms with E-state index in [4.69, 9.17) is 14.7 Å². The van der Waals surface area contributed by atoms with Crippen LogP contribution in [-0.2, 0) is 13.7 Å². The fourth-order valence-electron chi connectivity index (χ4n) is 3.11. The number of hydrogen-bond donors (Lipinski definition) is 2. The summed E-state index contributed by atoms with van der Waals surface area (Å²) in [4.78, 5) is 0. The molecule has 1 saturated heterocycles. The van der Waals surface area contributed by atoms with Gasteiger partial charge in [0.1, 0.15) is 24.2 Å². The van der Waals surface area contributed by atoms with Crippen LogP contribution in [0.4, 0.5) is 0 Å². The summed E-state index contributed by atoms with van der Waals surface area (Å²) in [5, 5.41) is 16.7. The van der Waals surface area contributed by atoms with Crippen LogP contribution in [0, 0.1) is 11.3 Å². The van der Waals surface area contributed by atoms with Gasteiger partial charge in [0.15, 0.2) is 0 Å². The minimum Gasteiger partial charge on any atom is -0.487 e. The Morgan fingerprint density at radius 2 is 2.04 bits per heavy atom. The number of hydrogen-bond acceptors (Lipinski definition) is 7. The van der Waals surface area contributed by atoms with Crippen molar-refractivity contribution in [1.29, 1.82) is 5.26 Å². The van der Waals surface area contributed by atoms with Crippen LogP contribution in [0.2, 0.25) is 0 Å². The second-order valence-corrected chi connectivity index (χ2v) is 6.47. The average molecular weight is 376 g/mol. The summed E-state index contributed by atoms with van der Waals surface area (Å²) in [6, 6.07) is 17.0. The minimum atomic E-state index is -0.129. The lowest BCUT2D eigenvalue weighted by molar-refractivity contribution is 0.193. The number of aryl methyl sites for hydroxylation is 1. The van der Waals surface area contributed by atoms with Crippen molar-refractivity contribution < 1.29 is 9.47 Å². The molecular formula is C20H20N6O2. The van der Waals surface area contributed by atoms with Gasteiger partial charge in [-0.1, -0.05) is 23.4 Å². The number of nitrogens with one attached hydrogen (secondary N) is 2. The Labute approximate surface area is 162 Å². The predicted octanol–water partition coefficient (Wildman–Crippen LogP) is 1.86. The van der Waals surface area contributed by atoms with Crippen molar-refractivity contribution in [3.63, 3.8) is 0 Å². The summed E-state index contributed by atoms with van der Waals surface area (Å²) in [5.74, 6) is 1.50. The highest BCUT2D eigenvalue weighted by molar-refractivity contribution is 5.38. The van der Waals surface area contributed by atoms with Crippen molar-refractivity contribution >= 4 is 0 Å². The SMILES string of the molecule is Cn1nncc1COc1ccccc1C1NNCC1Oc1ccc(C#N)cc1. The van der Waals surface area contributed by atoms with Gasteiger partial charge in [0.05, 0.1) is 29.6 Å². The molecule has 8 nitrogen and oxygen atoms in total. The van der Waals surface area contributed by atoms with Gasteiger partial charge in [-0.15, -0.1) is 5.10 Å². The zero-order chi connectivity index (χ0) is 19.3. The highest BCUT2D eigenvalue weighted by atomic mass is 16.5. The summed E-state index contributed by atoms with van der Waals surface area (Å²) >= 11 is 0. The predicted molar refractivity (Wildman–Crippen MR) is 101 cm³/mol. The Morgan fingerprint density at radius 3 is 2.79 bits per heavy atom. The van der Waals surface area contributed by atoms with Crippen molar-refractivity contribution in [2.75, 3.05) is 6.54 Å². The molecule has 3 aromatic rings. The van der Waals surface area contributed by atoms with Gasteiger partial charge < -0.3 is 9.47 Å². The van der Waals surface area contributed by atoms with E-state index in [-0.39, 0.29) is 12.1 Å². The van der Waals surface area contributed by atoms with Crippen LogP contribution in [0.25, 0.3) is 0 Å². The van der Waals surface area contributed by atoms with Crippen molar-refractivity contribution in [2.24, 2.45) is 7.05 Å². The molecule has 1 aliphatic rings. The molecule has 2 N–H and O–H groups in total. The first-order chi connectivity index (χ1) is 13.7. The zero-order valence-corrected chi connectivity index (χ0v) is 15.4. The monoisotopic (exact) mass is 376 g/mol. The van der Waals surface area contributed by atoms with E-state index in [1.807, 2.05) is 43.4 Å². The molecule has 0 saturated carbocycles. The molecule has 0 radical (unpaired) electrons. The Balaban J connectivity index is 1.50. The van der Waals surface area contributed by atoms with E-state index in [0.29, 0.717) is 18.7 Å². The third-order valence-electron chi connectivity index (χ3n) is 4.64. The molecule has 0 spiro atoms. The number of nitrogens with zero attached hydrogens (tertiary/aromatic N) is 4. The average Bonchev–Trinajstić information content (AvgIpc) is 3.36. The maximum Gasteiger partial charge on any atom is 0.133 e. The number of rotatable bonds is 6. The summed E-state index contributed by atoms with van der Waals surface area (Å²) in [6.07, 6.45) is 1.56. The number of hydrazine groups is 1. The first kappa shape index (κ1) is 18.0. The molecule has 0 amide bonds. The molecule has 28 heavy (non-hydrogen) atoms. The highest BCUT2D eigenvalue weighted by Gasteiger charge is 2.32. The second kappa shape index (κ2) is 8.08. The van der Waals surface area contributed by atoms with Gasteiger partial charge >= 0.3 is 0 Å². The first-order valence-corrected chi connectivity index (χ1v) is 8.95. The summed E-state index contributed by atoms with van der Waals surface area (Å²) < 4.78 is 13.9. The Bertz CT molecular complexity index is 979. The summed E-state index contributed by atoms with van der Waals surface area (Å²) in [5.41, 5.74) is 8.93. The van der Waals surface area contributed by atoms with Crippen LogP contribution in [-0.4, -0.2) is 27.6 Å². The molecular weight excluding hydrogens is 356 g/mol. The quantitative estimate of drug-likeness (QED) is 0.678. The lowest BCUT2D eigenvalue weighted by Gasteiger charge is -2.22. The minimum absolute atomic E-state index is 0.0866. The Kier molecular flexibility index (Phi) is 5.19. The standard InChI is InChI=1S/C20H20N6O2/c1-26-15(11-23-25-26)13-27-18-5-3-2-4-17(18)20-19(12-22-24-20)28-16-8-6-14(10-21)7-9-16/h2-9,11,19-20,22,24H,12-13H2,1H3. The Morgan fingerprint density at radius 1 is 1.21 bits per heavy atom. The van der Waals surface area contributed by atoms with E-state index in [0.717, 1.165) is 22.8 Å². The lowest BCUT2D eigenvalue weighted by Crippen LogP contribution is -2.28. The molecule has 2 aromatic carbocycles. The van der Waals surface area contributed by atoms with E-state index >= 15 is 0 Å². The van der Waals surface area contributed by atoms with Crippen LogP contribution >= 0.6 is 0 Å². The topological polar surface area (TPSA) is 97.0 Å². The smallest absolute Gasteiger partial charge is 0.133 e. The molecule has 2 atom stereocenters. The summed E-state index contributed by atoms with van der Waals surface area (Å²) in [6.45, 7) is 1.02. The maximum absolute atomic E-state index is 8.94. The van der Waals surface area contributed by atoms with Crippen molar-refractivity contribution in [3.8, 4) is 17.6 Å². The van der Waals surface area contributed by atoms with E-state index in [2.05, 4.69) is 27.2 Å². The van der Waals surface area contributed by atoms with E-state index in [1.165, 1.54) is 0 Å². The van der Waals surface area contributed by atoms with Gasteiger partial charge in [-0.25, -0.2) is 10.1 Å². The molecule has 2 unspecified atom stereocenters. The second-order valence-electron chi connectivity index (χ2n) is 6.47. The molecule has 8 heteroatoms. The zero-order valence-electron chi connectivity index (χ0n) is 15.4. The molecule has 0 bridgehead atoms. The lowest BCUT2D eigenvalue weighted by atomic mass is 10.0. The van der Waals surface area contributed by atoms with Gasteiger partial charge in [0.25, 0.3) is 0 Å². The highest BCUT2D eigenvalue weighted by Crippen LogP contribution is 2.31. The van der Waals surface area contributed by atoms with Crippen LogP contribution in [0.1, 0.15) is 22.9 Å². The van der Waals surface area contributed by atoms with Crippen LogP contribution in [0.15, 0.2) is 54.7 Å². The molecule has 142 valence electrons. The van der Waals surface area contributed by atoms with Gasteiger partial charge in [0, 0.05) is 19.2 Å². The molecule has 1 fully saturated rings. The number of nitriles is 1. The normalized spacial score (nSPS) is 18.6. The number of ether oxygens (including phenoxy) is 2. The number of benzene rings is 2. The van der Waals surface area contributed by atoms with Crippen molar-refractivity contribution in [3.05, 3.63) is 71.5 Å². The van der Waals surface area contributed by atoms with Gasteiger partial charge in [0.2, 0.25) is 0 Å². The van der Waals surface area contributed by atoms with E-state index in [9.17, 15) is 0 Å². The fourth-order valence-corrected chi connectivity index (χ4v) is 3.11. The molecule has 0 aliphatic carbocycles. The van der Waals surface area contributed by atoms with Crippen LogP contribution in [0.5, 0.6) is 11.5 Å². The largest absolute Gasteiger partial charge is 0.487 e. The van der Waals surface area contributed by atoms with Crippen molar-refractivity contribution in [1.82, 2.24) is 25.8 Å². The third-order valence-corrected chi connectivity index (χ3v) is 4.64. The molecule has 4 rings (SSSR count). The van der Waals surface area contributed by atoms with Crippen LogP contribution in [0.3, 0.4) is 0 Å². The summed E-state index contributed by atoms with van der Waals surface area (Å²) in [7, 11) is 1.83. The third kappa shape index (κ3) is 3.81. The number of aromatic nitrogens is 3. The molecule has 2 heterocycles. The van der Waals surface area contributed by atoms with E-state index < -0.39 is 0 Å². The molecule has 1 aliphatic heterocycles. The fraction of sp³-hybridized carbons (Fsp3) is 0.250. The van der Waals surface area contributed by atoms with E-state index in [1.54, 1.807) is 23.0 Å². The Hall–Kier alpha value is -3.41. The number of para-hydroxylation sites is 1. The first-order valence-electron chi connectivity index (χ1n) is 8.95. The van der Waals surface area contributed by atoms with Gasteiger partial charge in [-0.05, 0) is 30.3 Å². The van der Waals surface area contributed by atoms with Gasteiger partial charge in [-0.3, -0.25) is 5.43 Å². The van der Waals surface area contributed by atoms with Crippen LogP contribution < -0.4 is 20.3 Å². The maximum atomic E-state index is 8.94. The van der Waals surface area contributed by atoms with Crippen molar-refractivity contribution in [2.45, 2.75) is 18.8 Å².